The van der Waals surface area contributed by atoms with Crippen LogP contribution in [-0.2, 0) is 0 Å². The highest BCUT2D eigenvalue weighted by Crippen LogP contribution is 2.46. The molecular formula is C61H38N4. The van der Waals surface area contributed by atoms with Crippen molar-refractivity contribution in [2.75, 3.05) is 0 Å². The summed E-state index contributed by atoms with van der Waals surface area (Å²) in [5, 5.41) is 11.5. The molecule has 0 atom stereocenters. The summed E-state index contributed by atoms with van der Waals surface area (Å²) in [6.45, 7) is 0. The molecule has 0 aliphatic rings. The lowest BCUT2D eigenvalue weighted by Crippen LogP contribution is -2.04. The first kappa shape index (κ1) is 36.9. The second-order valence-corrected chi connectivity index (χ2v) is 16.7. The highest BCUT2D eigenvalue weighted by molar-refractivity contribution is 6.17. The number of para-hydroxylation sites is 1. The molecule has 0 N–H and O–H groups in total. The summed E-state index contributed by atoms with van der Waals surface area (Å²) in [5.74, 6) is 1.86. The first-order chi connectivity index (χ1) is 32.2. The summed E-state index contributed by atoms with van der Waals surface area (Å²) < 4.78 is 2.51. The van der Waals surface area contributed by atoms with Crippen LogP contribution in [0.1, 0.15) is 0 Å². The molecule has 65 heavy (non-hydrogen) atoms. The molecule has 2 aromatic heterocycles. The van der Waals surface area contributed by atoms with E-state index in [0.29, 0.717) is 17.5 Å². The summed E-state index contributed by atoms with van der Waals surface area (Å²) in [7, 11) is 0. The highest BCUT2D eigenvalue weighted by Gasteiger charge is 2.25. The number of aromatic nitrogens is 4. The van der Waals surface area contributed by atoms with Crippen LogP contribution < -0.4 is 0 Å². The summed E-state index contributed by atoms with van der Waals surface area (Å²) in [6.07, 6.45) is 0. The van der Waals surface area contributed by atoms with Gasteiger partial charge in [-0.25, -0.2) is 15.0 Å². The minimum Gasteiger partial charge on any atom is -0.308 e. The van der Waals surface area contributed by atoms with Crippen LogP contribution in [-0.4, -0.2) is 19.5 Å². The van der Waals surface area contributed by atoms with Gasteiger partial charge in [-0.3, -0.25) is 0 Å². The van der Waals surface area contributed by atoms with E-state index in [4.69, 9.17) is 15.0 Å². The van der Waals surface area contributed by atoms with Gasteiger partial charge in [0.05, 0.1) is 16.7 Å². The molecule has 302 valence electrons. The lowest BCUT2D eigenvalue weighted by Gasteiger charge is -2.21. The average Bonchev–Trinajstić information content (AvgIpc) is 3.69. The molecule has 0 radical (unpaired) electrons. The summed E-state index contributed by atoms with van der Waals surface area (Å²) >= 11 is 0. The second-order valence-electron chi connectivity index (χ2n) is 16.7. The molecule has 0 unspecified atom stereocenters. The SMILES string of the molecule is c1ccc(-c2ccc3c(-n4c5ccccc5c5cc6ccccc6cc54)c(-c4cccc5ccccc45)cc(-c4nc(-c5ccccc5)nc(-c5cccc6ccccc56)n4)c3c2)cc1. The van der Waals surface area contributed by atoms with Crippen molar-refractivity contribution >= 4 is 64.9 Å². The van der Waals surface area contributed by atoms with Gasteiger partial charge in [0, 0.05) is 38.4 Å². The minimum atomic E-state index is 0.609. The zero-order valence-electron chi connectivity index (χ0n) is 35.2. The Morgan fingerprint density at radius 3 is 1.51 bits per heavy atom. The van der Waals surface area contributed by atoms with Crippen molar-refractivity contribution in [1.29, 1.82) is 0 Å². The standard InChI is InChI=1S/C61H38N4/c1-3-17-39(18-4-1)45-33-34-50-52(35-45)55(61-63-59(42-21-5-2-6-22-42)62-60(64-61)51-31-16-26-41-20-10-12-28-47(41)51)38-54(48-30-15-25-40-19-9-11-27-46(40)48)58(50)65-56-32-14-13-29-49(56)53-36-43-23-7-8-24-44(43)37-57(53)65/h1-38H. The zero-order chi connectivity index (χ0) is 42.8. The maximum absolute atomic E-state index is 5.50. The lowest BCUT2D eigenvalue weighted by atomic mass is 9.89. The van der Waals surface area contributed by atoms with E-state index in [9.17, 15) is 0 Å². The molecule has 0 aliphatic carbocycles. The average molecular weight is 827 g/mol. The van der Waals surface area contributed by atoms with Gasteiger partial charge in [0.1, 0.15) is 0 Å². The van der Waals surface area contributed by atoms with Gasteiger partial charge in [0.25, 0.3) is 0 Å². The summed E-state index contributed by atoms with van der Waals surface area (Å²) in [6, 6.07) is 82.6. The predicted molar refractivity (Wildman–Crippen MR) is 271 cm³/mol. The monoisotopic (exact) mass is 826 g/mol. The summed E-state index contributed by atoms with van der Waals surface area (Å²) in [4.78, 5) is 16.2. The van der Waals surface area contributed by atoms with Crippen LogP contribution in [0.15, 0.2) is 231 Å². The molecule has 0 amide bonds. The Hall–Kier alpha value is -8.73. The third-order valence-corrected chi connectivity index (χ3v) is 13.0. The van der Waals surface area contributed by atoms with Crippen molar-refractivity contribution in [3.05, 3.63) is 231 Å². The summed E-state index contributed by atoms with van der Waals surface area (Å²) in [5.41, 5.74) is 10.7. The fourth-order valence-corrected chi connectivity index (χ4v) is 9.96. The lowest BCUT2D eigenvalue weighted by molar-refractivity contribution is 1.08. The Morgan fingerprint density at radius 2 is 0.785 bits per heavy atom. The topological polar surface area (TPSA) is 43.6 Å². The van der Waals surface area contributed by atoms with E-state index < -0.39 is 0 Å². The van der Waals surface area contributed by atoms with Crippen molar-refractivity contribution in [3.63, 3.8) is 0 Å². The third-order valence-electron chi connectivity index (χ3n) is 13.0. The van der Waals surface area contributed by atoms with Crippen LogP contribution >= 0.6 is 0 Å². The van der Waals surface area contributed by atoms with Crippen LogP contribution in [0.3, 0.4) is 0 Å². The normalized spacial score (nSPS) is 11.7. The van der Waals surface area contributed by atoms with Crippen molar-refractivity contribution in [1.82, 2.24) is 19.5 Å². The van der Waals surface area contributed by atoms with Crippen LogP contribution in [0.2, 0.25) is 0 Å². The number of nitrogens with zero attached hydrogens (tertiary/aromatic N) is 4. The van der Waals surface area contributed by atoms with Crippen LogP contribution in [0.25, 0.3) is 127 Å². The Balaban J connectivity index is 1.21. The van der Waals surface area contributed by atoms with Gasteiger partial charge >= 0.3 is 0 Å². The van der Waals surface area contributed by atoms with E-state index in [-0.39, 0.29) is 0 Å². The molecule has 2 heterocycles. The quantitative estimate of drug-likeness (QED) is 0.168. The van der Waals surface area contributed by atoms with Gasteiger partial charge < -0.3 is 4.57 Å². The molecule has 11 aromatic carbocycles. The van der Waals surface area contributed by atoms with E-state index in [1.165, 1.54) is 32.3 Å². The molecule has 0 aliphatic heterocycles. The molecular weight excluding hydrogens is 789 g/mol. The molecule has 13 rings (SSSR count). The number of hydrogen-bond donors (Lipinski definition) is 0. The van der Waals surface area contributed by atoms with E-state index in [1.807, 2.05) is 18.2 Å². The molecule has 0 bridgehead atoms. The van der Waals surface area contributed by atoms with Gasteiger partial charge in [0.2, 0.25) is 0 Å². The Labute approximate surface area is 375 Å². The molecule has 0 fully saturated rings. The zero-order valence-corrected chi connectivity index (χ0v) is 35.2. The maximum Gasteiger partial charge on any atom is 0.164 e. The van der Waals surface area contributed by atoms with Gasteiger partial charge in [0.15, 0.2) is 17.5 Å². The fraction of sp³-hybridized carbons (Fsp3) is 0. The smallest absolute Gasteiger partial charge is 0.164 e. The minimum absolute atomic E-state index is 0.609. The van der Waals surface area contributed by atoms with Crippen molar-refractivity contribution < 1.29 is 0 Å². The van der Waals surface area contributed by atoms with Gasteiger partial charge in [-0.1, -0.05) is 200 Å². The van der Waals surface area contributed by atoms with Gasteiger partial charge in [-0.05, 0) is 84.7 Å². The predicted octanol–water partition coefficient (Wildman–Crippen LogP) is 15.9. The second kappa shape index (κ2) is 15.0. The van der Waals surface area contributed by atoms with E-state index in [2.05, 4.69) is 217 Å². The fourth-order valence-electron chi connectivity index (χ4n) is 9.96. The number of rotatable bonds is 6. The molecule has 13 aromatic rings. The van der Waals surface area contributed by atoms with Crippen LogP contribution in [0.4, 0.5) is 0 Å². The van der Waals surface area contributed by atoms with Crippen molar-refractivity contribution in [2.24, 2.45) is 0 Å². The number of hydrogen-bond acceptors (Lipinski definition) is 3. The van der Waals surface area contributed by atoms with Crippen molar-refractivity contribution in [2.45, 2.75) is 0 Å². The maximum atomic E-state index is 5.50. The number of fused-ring (bicyclic) bond motifs is 7. The van der Waals surface area contributed by atoms with Crippen LogP contribution in [0, 0.1) is 0 Å². The molecule has 0 spiro atoms. The Morgan fingerprint density at radius 1 is 0.246 bits per heavy atom. The van der Waals surface area contributed by atoms with Gasteiger partial charge in [-0.2, -0.15) is 0 Å². The molecule has 4 heteroatoms. The Bertz CT molecular complexity index is 3990. The largest absolute Gasteiger partial charge is 0.308 e. The Kier molecular flexibility index (Phi) is 8.50. The first-order valence-electron chi connectivity index (χ1n) is 22.1. The first-order valence-corrected chi connectivity index (χ1v) is 22.1. The van der Waals surface area contributed by atoms with E-state index in [1.54, 1.807) is 0 Å². The third kappa shape index (κ3) is 6.11. The molecule has 0 saturated carbocycles. The number of benzene rings is 11. The molecule has 4 nitrogen and oxygen atoms in total. The molecule has 0 saturated heterocycles. The van der Waals surface area contributed by atoms with Crippen molar-refractivity contribution in [3.8, 4) is 62.1 Å². The van der Waals surface area contributed by atoms with E-state index >= 15 is 0 Å². The van der Waals surface area contributed by atoms with E-state index in [0.717, 1.165) is 77.2 Å². The van der Waals surface area contributed by atoms with Crippen LogP contribution in [0.5, 0.6) is 0 Å². The van der Waals surface area contributed by atoms with Gasteiger partial charge in [-0.15, -0.1) is 0 Å². The highest BCUT2D eigenvalue weighted by atomic mass is 15.0.